The molecule has 2 aliphatic rings. The van der Waals surface area contributed by atoms with Gasteiger partial charge in [0.25, 0.3) is 0 Å². The van der Waals surface area contributed by atoms with E-state index in [0.29, 0.717) is 12.1 Å². The minimum atomic E-state index is 0.543. The van der Waals surface area contributed by atoms with Crippen molar-refractivity contribution in [3.05, 3.63) is 35.9 Å². The van der Waals surface area contributed by atoms with Crippen molar-refractivity contribution in [3.63, 3.8) is 0 Å². The molecule has 2 nitrogen and oxygen atoms in total. The van der Waals surface area contributed by atoms with Gasteiger partial charge in [-0.05, 0) is 37.8 Å². The number of nitrogens with zero attached hydrogens (tertiary/aromatic N) is 1. The summed E-state index contributed by atoms with van der Waals surface area (Å²) < 4.78 is 0. The second kappa shape index (κ2) is 6.73. The molecule has 0 amide bonds. The van der Waals surface area contributed by atoms with Crippen LogP contribution in [-0.2, 0) is 0 Å². The molecule has 3 unspecified atom stereocenters. The SMILES string of the molecule is CCCCC(NC1CCN2CCCC12)c1ccccc1. The van der Waals surface area contributed by atoms with Gasteiger partial charge in [0, 0.05) is 24.7 Å². The van der Waals surface area contributed by atoms with Crippen LogP contribution in [0.5, 0.6) is 0 Å². The molecule has 0 saturated carbocycles. The Hall–Kier alpha value is -0.860. The lowest BCUT2D eigenvalue weighted by Gasteiger charge is -2.27. The molecular weight excluding hydrogens is 244 g/mol. The summed E-state index contributed by atoms with van der Waals surface area (Å²) in [6.07, 6.45) is 7.99. The lowest BCUT2D eigenvalue weighted by Crippen LogP contribution is -2.41. The Morgan fingerprint density at radius 3 is 2.85 bits per heavy atom. The van der Waals surface area contributed by atoms with E-state index in [2.05, 4.69) is 47.5 Å². The Labute approximate surface area is 123 Å². The number of rotatable bonds is 6. The predicted molar refractivity (Wildman–Crippen MR) is 84.8 cm³/mol. The zero-order valence-electron chi connectivity index (χ0n) is 12.7. The molecule has 0 aromatic heterocycles. The monoisotopic (exact) mass is 272 g/mol. The zero-order valence-corrected chi connectivity index (χ0v) is 12.7. The number of hydrogen-bond acceptors (Lipinski definition) is 2. The van der Waals surface area contributed by atoms with Gasteiger partial charge in [0.15, 0.2) is 0 Å². The number of hydrogen-bond donors (Lipinski definition) is 1. The summed E-state index contributed by atoms with van der Waals surface area (Å²) in [5.41, 5.74) is 1.47. The molecule has 1 aromatic rings. The lowest BCUT2D eigenvalue weighted by molar-refractivity contribution is 0.285. The van der Waals surface area contributed by atoms with Gasteiger partial charge < -0.3 is 5.32 Å². The fraction of sp³-hybridized carbons (Fsp3) is 0.667. The minimum Gasteiger partial charge on any atom is -0.306 e. The molecule has 110 valence electrons. The highest BCUT2D eigenvalue weighted by Gasteiger charge is 2.37. The maximum Gasteiger partial charge on any atom is 0.0323 e. The Bertz CT molecular complexity index is 403. The van der Waals surface area contributed by atoms with E-state index in [4.69, 9.17) is 0 Å². The van der Waals surface area contributed by atoms with Crippen LogP contribution in [0, 0.1) is 0 Å². The van der Waals surface area contributed by atoms with Crippen LogP contribution in [0.1, 0.15) is 57.1 Å². The van der Waals surface area contributed by atoms with Crippen LogP contribution in [0.25, 0.3) is 0 Å². The van der Waals surface area contributed by atoms with E-state index in [1.165, 1.54) is 57.2 Å². The molecule has 2 aliphatic heterocycles. The minimum absolute atomic E-state index is 0.543. The molecule has 1 N–H and O–H groups in total. The quantitative estimate of drug-likeness (QED) is 0.848. The van der Waals surface area contributed by atoms with E-state index in [0.717, 1.165) is 6.04 Å². The van der Waals surface area contributed by atoms with Crippen LogP contribution in [0.2, 0.25) is 0 Å². The van der Waals surface area contributed by atoms with E-state index < -0.39 is 0 Å². The van der Waals surface area contributed by atoms with Crippen LogP contribution in [-0.4, -0.2) is 30.1 Å². The van der Waals surface area contributed by atoms with Crippen LogP contribution < -0.4 is 5.32 Å². The Kier molecular flexibility index (Phi) is 4.74. The molecule has 2 heterocycles. The van der Waals surface area contributed by atoms with Gasteiger partial charge in [0.1, 0.15) is 0 Å². The van der Waals surface area contributed by atoms with Gasteiger partial charge in [-0.3, -0.25) is 4.90 Å². The molecule has 0 radical (unpaired) electrons. The van der Waals surface area contributed by atoms with Crippen molar-refractivity contribution >= 4 is 0 Å². The Morgan fingerprint density at radius 1 is 1.20 bits per heavy atom. The van der Waals surface area contributed by atoms with Gasteiger partial charge in [0.2, 0.25) is 0 Å². The molecule has 2 saturated heterocycles. The van der Waals surface area contributed by atoms with Gasteiger partial charge in [0.05, 0.1) is 0 Å². The van der Waals surface area contributed by atoms with Crippen molar-refractivity contribution in [1.29, 1.82) is 0 Å². The van der Waals surface area contributed by atoms with Crippen LogP contribution in [0.3, 0.4) is 0 Å². The van der Waals surface area contributed by atoms with Gasteiger partial charge in [-0.15, -0.1) is 0 Å². The van der Waals surface area contributed by atoms with Gasteiger partial charge in [-0.2, -0.15) is 0 Å². The highest BCUT2D eigenvalue weighted by atomic mass is 15.2. The first-order valence-corrected chi connectivity index (χ1v) is 8.43. The summed E-state index contributed by atoms with van der Waals surface area (Å²) in [7, 11) is 0. The second-order valence-corrected chi connectivity index (χ2v) is 6.41. The van der Waals surface area contributed by atoms with Crippen LogP contribution in [0.4, 0.5) is 0 Å². The van der Waals surface area contributed by atoms with Gasteiger partial charge in [-0.1, -0.05) is 50.1 Å². The first-order valence-electron chi connectivity index (χ1n) is 8.43. The van der Waals surface area contributed by atoms with Crippen molar-refractivity contribution in [3.8, 4) is 0 Å². The van der Waals surface area contributed by atoms with E-state index in [9.17, 15) is 0 Å². The van der Waals surface area contributed by atoms with Crippen molar-refractivity contribution in [1.82, 2.24) is 10.2 Å². The highest BCUT2D eigenvalue weighted by molar-refractivity contribution is 5.19. The third-order valence-electron chi connectivity index (χ3n) is 5.07. The number of benzene rings is 1. The molecule has 2 heteroatoms. The van der Waals surface area contributed by atoms with Crippen LogP contribution in [0.15, 0.2) is 30.3 Å². The van der Waals surface area contributed by atoms with Crippen molar-refractivity contribution < 1.29 is 0 Å². The summed E-state index contributed by atoms with van der Waals surface area (Å²) in [6.45, 7) is 4.92. The fourth-order valence-corrected chi connectivity index (χ4v) is 3.98. The highest BCUT2D eigenvalue weighted by Crippen LogP contribution is 2.30. The number of nitrogens with one attached hydrogen (secondary N) is 1. The average molecular weight is 272 g/mol. The standard InChI is InChI=1S/C18H28N2/c1-2-3-10-16(15-8-5-4-6-9-15)19-17-12-14-20-13-7-11-18(17)20/h4-6,8-9,16-19H,2-3,7,10-14H2,1H3. The smallest absolute Gasteiger partial charge is 0.0323 e. The number of unbranched alkanes of at least 4 members (excludes halogenated alkanes) is 1. The maximum absolute atomic E-state index is 4.00. The third kappa shape index (κ3) is 3.07. The molecule has 0 aliphatic carbocycles. The van der Waals surface area contributed by atoms with Crippen molar-refractivity contribution in [2.24, 2.45) is 0 Å². The van der Waals surface area contributed by atoms with Crippen molar-refractivity contribution in [2.75, 3.05) is 13.1 Å². The first-order chi connectivity index (χ1) is 9.88. The molecule has 1 aromatic carbocycles. The van der Waals surface area contributed by atoms with Gasteiger partial charge >= 0.3 is 0 Å². The molecule has 3 atom stereocenters. The summed E-state index contributed by atoms with van der Waals surface area (Å²) in [5.74, 6) is 0. The summed E-state index contributed by atoms with van der Waals surface area (Å²) >= 11 is 0. The fourth-order valence-electron chi connectivity index (χ4n) is 3.98. The van der Waals surface area contributed by atoms with E-state index in [1.807, 2.05) is 0 Å². The molecule has 0 spiro atoms. The van der Waals surface area contributed by atoms with Gasteiger partial charge in [-0.25, -0.2) is 0 Å². The van der Waals surface area contributed by atoms with E-state index >= 15 is 0 Å². The average Bonchev–Trinajstić information content (AvgIpc) is 3.09. The second-order valence-electron chi connectivity index (χ2n) is 6.41. The van der Waals surface area contributed by atoms with E-state index in [1.54, 1.807) is 0 Å². The normalized spacial score (nSPS) is 27.6. The zero-order chi connectivity index (χ0) is 13.8. The predicted octanol–water partition coefficient (Wildman–Crippen LogP) is 3.74. The largest absolute Gasteiger partial charge is 0.306 e. The topological polar surface area (TPSA) is 15.3 Å². The Balaban J connectivity index is 1.67. The lowest BCUT2D eigenvalue weighted by atomic mass is 9.98. The molecule has 20 heavy (non-hydrogen) atoms. The van der Waals surface area contributed by atoms with Crippen molar-refractivity contribution in [2.45, 2.75) is 63.6 Å². The maximum atomic E-state index is 4.00. The molecule has 2 fully saturated rings. The molecule has 0 bridgehead atoms. The summed E-state index contributed by atoms with van der Waals surface area (Å²) in [5, 5.41) is 4.00. The van der Waals surface area contributed by atoms with E-state index in [-0.39, 0.29) is 0 Å². The number of fused-ring (bicyclic) bond motifs is 1. The van der Waals surface area contributed by atoms with Crippen LogP contribution >= 0.6 is 0 Å². The third-order valence-corrected chi connectivity index (χ3v) is 5.07. The Morgan fingerprint density at radius 2 is 2.05 bits per heavy atom. The summed E-state index contributed by atoms with van der Waals surface area (Å²) in [6, 6.07) is 13.1. The first kappa shape index (κ1) is 14.1. The molecule has 3 rings (SSSR count). The summed E-state index contributed by atoms with van der Waals surface area (Å²) in [4.78, 5) is 2.69. The molecular formula is C18H28N2.